The monoisotopic (exact) mass is 375 g/mol. The van der Waals surface area contributed by atoms with Crippen molar-refractivity contribution in [2.45, 2.75) is 32.9 Å². The Labute approximate surface area is 165 Å². The summed E-state index contributed by atoms with van der Waals surface area (Å²) in [7, 11) is 0. The Morgan fingerprint density at radius 2 is 1.86 bits per heavy atom. The van der Waals surface area contributed by atoms with Crippen molar-refractivity contribution in [1.29, 1.82) is 0 Å². The number of aliphatic hydroxyl groups is 1. The number of pyridine rings is 2. The quantitative estimate of drug-likeness (QED) is 0.681. The number of rotatable bonds is 7. The van der Waals surface area contributed by atoms with E-state index in [0.29, 0.717) is 18.5 Å². The van der Waals surface area contributed by atoms with Crippen molar-refractivity contribution in [3.63, 3.8) is 0 Å². The highest BCUT2D eigenvalue weighted by Gasteiger charge is 2.24. The Balaban J connectivity index is 1.93. The standard InChI is InChI=1S/C23H25N3O2/c1-3-22(16-27)26(15-21-9-4-5-11-25-21)23(28)20-8-6-7-18(14-20)19-10-12-24-17(2)13-19/h4-14,22,27H,3,15-16H2,1-2H3/t22-/m1/s1. The molecule has 5 nitrogen and oxygen atoms in total. The van der Waals surface area contributed by atoms with Gasteiger partial charge in [-0.3, -0.25) is 14.8 Å². The van der Waals surface area contributed by atoms with Crippen LogP contribution in [-0.4, -0.2) is 38.5 Å². The zero-order valence-electron chi connectivity index (χ0n) is 16.2. The summed E-state index contributed by atoms with van der Waals surface area (Å²) in [5.41, 5.74) is 4.30. The van der Waals surface area contributed by atoms with E-state index in [4.69, 9.17) is 0 Å². The van der Waals surface area contributed by atoms with Gasteiger partial charge >= 0.3 is 0 Å². The highest BCUT2D eigenvalue weighted by molar-refractivity contribution is 5.95. The van der Waals surface area contributed by atoms with Crippen LogP contribution in [0.2, 0.25) is 0 Å². The van der Waals surface area contributed by atoms with E-state index in [-0.39, 0.29) is 18.6 Å². The smallest absolute Gasteiger partial charge is 0.254 e. The second-order valence-corrected chi connectivity index (χ2v) is 6.77. The summed E-state index contributed by atoms with van der Waals surface area (Å²) < 4.78 is 0. The van der Waals surface area contributed by atoms with Crippen molar-refractivity contribution in [1.82, 2.24) is 14.9 Å². The molecular weight excluding hydrogens is 350 g/mol. The minimum absolute atomic E-state index is 0.0850. The summed E-state index contributed by atoms with van der Waals surface area (Å²) >= 11 is 0. The number of carbonyl (C=O) groups is 1. The molecule has 28 heavy (non-hydrogen) atoms. The van der Waals surface area contributed by atoms with E-state index in [0.717, 1.165) is 22.5 Å². The second-order valence-electron chi connectivity index (χ2n) is 6.77. The maximum absolute atomic E-state index is 13.3. The molecule has 0 aliphatic heterocycles. The molecule has 3 aromatic rings. The van der Waals surface area contributed by atoms with Crippen LogP contribution in [0.1, 0.15) is 35.1 Å². The fraction of sp³-hybridized carbons (Fsp3) is 0.261. The molecular formula is C23H25N3O2. The molecule has 0 saturated carbocycles. The van der Waals surface area contributed by atoms with Crippen LogP contribution in [0.25, 0.3) is 11.1 Å². The van der Waals surface area contributed by atoms with Crippen LogP contribution < -0.4 is 0 Å². The van der Waals surface area contributed by atoms with Crippen LogP contribution in [0.3, 0.4) is 0 Å². The van der Waals surface area contributed by atoms with Gasteiger partial charge in [-0.2, -0.15) is 0 Å². The lowest BCUT2D eigenvalue weighted by atomic mass is 10.0. The Kier molecular flexibility index (Phi) is 6.50. The number of carbonyl (C=O) groups excluding carboxylic acids is 1. The molecule has 0 aliphatic carbocycles. The van der Waals surface area contributed by atoms with E-state index in [2.05, 4.69) is 9.97 Å². The van der Waals surface area contributed by atoms with Gasteiger partial charge < -0.3 is 10.0 Å². The third kappa shape index (κ3) is 4.61. The maximum Gasteiger partial charge on any atom is 0.254 e. The van der Waals surface area contributed by atoms with Crippen LogP contribution in [0, 0.1) is 6.92 Å². The largest absolute Gasteiger partial charge is 0.394 e. The fourth-order valence-electron chi connectivity index (χ4n) is 3.20. The molecule has 0 bridgehead atoms. The van der Waals surface area contributed by atoms with E-state index >= 15 is 0 Å². The molecule has 0 unspecified atom stereocenters. The molecule has 0 radical (unpaired) electrons. The van der Waals surface area contributed by atoms with Gasteiger partial charge in [-0.05, 0) is 60.9 Å². The highest BCUT2D eigenvalue weighted by Crippen LogP contribution is 2.22. The van der Waals surface area contributed by atoms with E-state index in [1.807, 2.05) is 68.4 Å². The number of aryl methyl sites for hydroxylation is 1. The number of hydrogen-bond donors (Lipinski definition) is 1. The molecule has 2 heterocycles. The predicted octanol–water partition coefficient (Wildman–Crippen LogP) is 3.87. The summed E-state index contributed by atoms with van der Waals surface area (Å²) in [4.78, 5) is 23.6. The SMILES string of the molecule is CC[C@H](CO)N(Cc1ccccn1)C(=O)c1cccc(-c2ccnc(C)c2)c1. The van der Waals surface area contributed by atoms with Crippen molar-refractivity contribution >= 4 is 5.91 Å². The van der Waals surface area contributed by atoms with Gasteiger partial charge in [0, 0.05) is 23.7 Å². The number of nitrogens with zero attached hydrogens (tertiary/aromatic N) is 3. The number of benzene rings is 1. The third-order valence-corrected chi connectivity index (χ3v) is 4.78. The van der Waals surface area contributed by atoms with E-state index in [9.17, 15) is 9.90 Å². The molecule has 0 spiro atoms. The molecule has 2 aromatic heterocycles. The lowest BCUT2D eigenvalue weighted by Crippen LogP contribution is -2.41. The Bertz CT molecular complexity index is 924. The normalized spacial score (nSPS) is 11.8. The van der Waals surface area contributed by atoms with Gasteiger partial charge in [-0.1, -0.05) is 25.1 Å². The van der Waals surface area contributed by atoms with Gasteiger partial charge in [0.15, 0.2) is 0 Å². The zero-order chi connectivity index (χ0) is 19.9. The van der Waals surface area contributed by atoms with Crippen LogP contribution in [-0.2, 0) is 6.54 Å². The van der Waals surface area contributed by atoms with Gasteiger partial charge in [0.2, 0.25) is 0 Å². The molecule has 1 aromatic carbocycles. The average molecular weight is 375 g/mol. The van der Waals surface area contributed by atoms with Gasteiger partial charge in [0.1, 0.15) is 0 Å². The van der Waals surface area contributed by atoms with E-state index in [1.165, 1.54) is 0 Å². The first-order valence-corrected chi connectivity index (χ1v) is 9.47. The maximum atomic E-state index is 13.3. The summed E-state index contributed by atoms with van der Waals surface area (Å²) in [6.45, 7) is 4.19. The molecule has 1 amide bonds. The van der Waals surface area contributed by atoms with Gasteiger partial charge in [0.25, 0.3) is 5.91 Å². The second kappa shape index (κ2) is 9.24. The number of aromatic nitrogens is 2. The average Bonchev–Trinajstić information content (AvgIpc) is 2.74. The first-order chi connectivity index (χ1) is 13.6. The fourth-order valence-corrected chi connectivity index (χ4v) is 3.20. The molecule has 5 heteroatoms. The highest BCUT2D eigenvalue weighted by atomic mass is 16.3. The predicted molar refractivity (Wildman–Crippen MR) is 110 cm³/mol. The minimum Gasteiger partial charge on any atom is -0.394 e. The van der Waals surface area contributed by atoms with Crippen molar-refractivity contribution < 1.29 is 9.90 Å². The van der Waals surface area contributed by atoms with Crippen LogP contribution >= 0.6 is 0 Å². The summed E-state index contributed by atoms with van der Waals surface area (Å²) in [6.07, 6.45) is 4.15. The first kappa shape index (κ1) is 19.7. The molecule has 0 fully saturated rings. The number of aliphatic hydroxyl groups excluding tert-OH is 1. The van der Waals surface area contributed by atoms with Crippen molar-refractivity contribution in [3.05, 3.63) is 83.9 Å². The molecule has 1 N–H and O–H groups in total. The molecule has 0 aliphatic rings. The van der Waals surface area contributed by atoms with Crippen molar-refractivity contribution in [2.24, 2.45) is 0 Å². The molecule has 1 atom stereocenters. The topological polar surface area (TPSA) is 66.3 Å². The van der Waals surface area contributed by atoms with Crippen LogP contribution in [0.5, 0.6) is 0 Å². The van der Waals surface area contributed by atoms with Crippen LogP contribution in [0.4, 0.5) is 0 Å². The molecule has 144 valence electrons. The summed E-state index contributed by atoms with van der Waals surface area (Å²) in [5, 5.41) is 9.81. The van der Waals surface area contributed by atoms with E-state index < -0.39 is 0 Å². The van der Waals surface area contributed by atoms with Gasteiger partial charge in [0.05, 0.1) is 24.9 Å². The number of amides is 1. The van der Waals surface area contributed by atoms with Crippen molar-refractivity contribution in [3.8, 4) is 11.1 Å². The van der Waals surface area contributed by atoms with Crippen LogP contribution in [0.15, 0.2) is 67.0 Å². The molecule has 3 rings (SSSR count). The minimum atomic E-state index is -0.263. The summed E-state index contributed by atoms with van der Waals surface area (Å²) in [5.74, 6) is -0.112. The summed E-state index contributed by atoms with van der Waals surface area (Å²) in [6, 6.07) is 16.9. The lowest BCUT2D eigenvalue weighted by Gasteiger charge is -2.30. The molecule has 0 saturated heterocycles. The lowest BCUT2D eigenvalue weighted by molar-refractivity contribution is 0.0560. The van der Waals surface area contributed by atoms with Crippen molar-refractivity contribution in [2.75, 3.05) is 6.61 Å². The third-order valence-electron chi connectivity index (χ3n) is 4.78. The zero-order valence-corrected chi connectivity index (χ0v) is 16.2. The van der Waals surface area contributed by atoms with Gasteiger partial charge in [-0.25, -0.2) is 0 Å². The first-order valence-electron chi connectivity index (χ1n) is 9.47. The Hall–Kier alpha value is -3.05. The van der Waals surface area contributed by atoms with E-state index in [1.54, 1.807) is 17.3 Å². The number of hydrogen-bond acceptors (Lipinski definition) is 4. The Morgan fingerprint density at radius 1 is 1.04 bits per heavy atom. The Morgan fingerprint density at radius 3 is 2.54 bits per heavy atom. The van der Waals surface area contributed by atoms with Gasteiger partial charge in [-0.15, -0.1) is 0 Å².